The van der Waals surface area contributed by atoms with E-state index in [4.69, 9.17) is 9.47 Å². The Labute approximate surface area is 201 Å². The Kier molecular flexibility index (Phi) is 10.8. The molecule has 34 heavy (non-hydrogen) atoms. The minimum atomic E-state index is -1.57. The molecular formula is C27H32N2O5. The zero-order valence-electron chi connectivity index (χ0n) is 20.1. The van der Waals surface area contributed by atoms with E-state index in [9.17, 15) is 14.4 Å². The number of unbranched alkanes of at least 4 members (excludes halogenated alkanes) is 3. The maximum atomic E-state index is 11.9. The Morgan fingerprint density at radius 2 is 1.71 bits per heavy atom. The van der Waals surface area contributed by atoms with Crippen LogP contribution in [-0.2, 0) is 36.0 Å². The van der Waals surface area contributed by atoms with Gasteiger partial charge in [0, 0.05) is 33.6 Å². The summed E-state index contributed by atoms with van der Waals surface area (Å²) in [5.41, 5.74) is 0.581. The number of aryl methyl sites for hydroxylation is 1. The van der Waals surface area contributed by atoms with E-state index in [0.29, 0.717) is 11.4 Å². The number of nitrogens with one attached hydrogen (secondary N) is 1. The highest BCUT2D eigenvalue weighted by Gasteiger charge is 2.38. The maximum Gasteiger partial charge on any atom is 0.305 e. The Morgan fingerprint density at radius 1 is 0.941 bits per heavy atom. The number of esters is 2. The number of benzene rings is 1. The van der Waals surface area contributed by atoms with Gasteiger partial charge in [-0.15, -0.1) is 0 Å². The van der Waals surface area contributed by atoms with Crippen LogP contribution in [0.4, 0.5) is 0 Å². The second kappa shape index (κ2) is 13.8. The third-order valence-electron chi connectivity index (χ3n) is 4.94. The van der Waals surface area contributed by atoms with Crippen LogP contribution in [0.25, 0.3) is 0 Å². The van der Waals surface area contributed by atoms with Gasteiger partial charge in [0.15, 0.2) is 0 Å². The molecule has 2 aromatic rings. The fraction of sp³-hybridized carbons (Fsp3) is 0.407. The third kappa shape index (κ3) is 9.45. The van der Waals surface area contributed by atoms with E-state index in [1.807, 2.05) is 6.07 Å². The number of hydrogen-bond donors (Lipinski definition) is 1. The summed E-state index contributed by atoms with van der Waals surface area (Å²) >= 11 is 0. The van der Waals surface area contributed by atoms with Crippen LogP contribution >= 0.6 is 0 Å². The van der Waals surface area contributed by atoms with Crippen molar-refractivity contribution in [3.8, 4) is 11.8 Å². The molecule has 0 saturated carbocycles. The molecular weight excluding hydrogens is 432 g/mol. The van der Waals surface area contributed by atoms with Gasteiger partial charge in [-0.2, -0.15) is 0 Å². The largest absolute Gasteiger partial charge is 0.466 e. The average molecular weight is 465 g/mol. The summed E-state index contributed by atoms with van der Waals surface area (Å²) in [6.07, 6.45) is 5.01. The van der Waals surface area contributed by atoms with Gasteiger partial charge in [-0.05, 0) is 42.9 Å². The molecule has 7 nitrogen and oxygen atoms in total. The fourth-order valence-electron chi connectivity index (χ4n) is 3.50. The molecule has 1 unspecified atom stereocenters. The van der Waals surface area contributed by atoms with Crippen LogP contribution in [-0.4, -0.2) is 29.4 Å². The molecule has 0 spiro atoms. The maximum absolute atomic E-state index is 11.9. The minimum absolute atomic E-state index is 0.0109. The zero-order valence-corrected chi connectivity index (χ0v) is 20.1. The quantitative estimate of drug-likeness (QED) is 0.233. The number of carbonyl (C=O) groups is 3. The van der Waals surface area contributed by atoms with E-state index in [-0.39, 0.29) is 13.0 Å². The number of carbonyl (C=O) groups excluding carboxylic acids is 3. The van der Waals surface area contributed by atoms with Crippen LogP contribution in [0.5, 0.6) is 0 Å². The van der Waals surface area contributed by atoms with Gasteiger partial charge in [-0.3, -0.25) is 14.4 Å². The lowest BCUT2D eigenvalue weighted by molar-refractivity contribution is -0.169. The first-order valence-corrected chi connectivity index (χ1v) is 11.4. The molecule has 0 aliphatic heterocycles. The molecule has 1 aromatic carbocycles. The first-order valence-electron chi connectivity index (χ1n) is 11.4. The van der Waals surface area contributed by atoms with Gasteiger partial charge < -0.3 is 14.8 Å². The topological polar surface area (TPSA) is 94.6 Å². The van der Waals surface area contributed by atoms with Crippen molar-refractivity contribution < 1.29 is 23.9 Å². The van der Waals surface area contributed by atoms with Crippen molar-refractivity contribution in [3.05, 3.63) is 65.5 Å². The van der Waals surface area contributed by atoms with Gasteiger partial charge in [0.1, 0.15) is 11.4 Å². The summed E-state index contributed by atoms with van der Waals surface area (Å²) in [5.74, 6) is 4.69. The predicted octanol–water partition coefficient (Wildman–Crippen LogP) is 4.04. The number of nitrogens with zero attached hydrogens (tertiary/aromatic N) is 1. The van der Waals surface area contributed by atoms with E-state index in [2.05, 4.69) is 46.4 Å². The van der Waals surface area contributed by atoms with Crippen molar-refractivity contribution in [3.63, 3.8) is 0 Å². The minimum Gasteiger partial charge on any atom is -0.466 e. The molecule has 0 aliphatic rings. The fourth-order valence-corrected chi connectivity index (χ4v) is 3.50. The second-order valence-corrected chi connectivity index (χ2v) is 7.95. The van der Waals surface area contributed by atoms with Gasteiger partial charge in [0.2, 0.25) is 11.6 Å². The number of ether oxygens (including phenoxy) is 2. The van der Waals surface area contributed by atoms with Crippen molar-refractivity contribution in [1.82, 2.24) is 10.3 Å². The van der Waals surface area contributed by atoms with Crippen LogP contribution in [0, 0.1) is 11.8 Å². The Bertz CT molecular complexity index is 1010. The number of pyridine rings is 1. The highest BCUT2D eigenvalue weighted by atomic mass is 16.6. The number of rotatable bonds is 11. The Morgan fingerprint density at radius 3 is 2.38 bits per heavy atom. The van der Waals surface area contributed by atoms with Crippen LogP contribution in [0.15, 0.2) is 48.5 Å². The van der Waals surface area contributed by atoms with Crippen molar-refractivity contribution in [1.29, 1.82) is 0 Å². The van der Waals surface area contributed by atoms with Crippen molar-refractivity contribution in [2.24, 2.45) is 0 Å². The third-order valence-corrected chi connectivity index (χ3v) is 4.94. The van der Waals surface area contributed by atoms with E-state index in [1.165, 1.54) is 26.3 Å². The molecule has 1 amide bonds. The Balaban J connectivity index is 2.05. The van der Waals surface area contributed by atoms with Crippen LogP contribution < -0.4 is 5.32 Å². The smallest absolute Gasteiger partial charge is 0.305 e. The molecule has 1 aromatic heterocycles. The van der Waals surface area contributed by atoms with Gasteiger partial charge in [-0.1, -0.05) is 48.7 Å². The van der Waals surface area contributed by atoms with E-state index >= 15 is 0 Å². The zero-order chi connectivity index (χ0) is 24.8. The lowest BCUT2D eigenvalue weighted by Crippen LogP contribution is -2.49. The molecule has 180 valence electrons. The Hall–Kier alpha value is -3.66. The van der Waals surface area contributed by atoms with Crippen LogP contribution in [0.1, 0.15) is 69.8 Å². The molecule has 0 aliphatic carbocycles. The van der Waals surface area contributed by atoms with Gasteiger partial charge >= 0.3 is 11.9 Å². The molecule has 2 rings (SSSR count). The number of amides is 1. The first-order chi connectivity index (χ1) is 16.3. The molecule has 0 radical (unpaired) electrons. The first kappa shape index (κ1) is 26.6. The van der Waals surface area contributed by atoms with Gasteiger partial charge in [-0.25, -0.2) is 4.98 Å². The summed E-state index contributed by atoms with van der Waals surface area (Å²) < 4.78 is 10.5. The highest BCUT2D eigenvalue weighted by Crippen LogP contribution is 2.26. The monoisotopic (exact) mass is 464 g/mol. The summed E-state index contributed by atoms with van der Waals surface area (Å²) in [7, 11) is 0. The summed E-state index contributed by atoms with van der Waals surface area (Å²) in [6.45, 7) is 3.76. The normalized spacial score (nSPS) is 12.0. The average Bonchev–Trinajstić information content (AvgIpc) is 2.78. The number of aromatic nitrogens is 1. The summed E-state index contributed by atoms with van der Waals surface area (Å²) in [4.78, 5) is 39.5. The predicted molar refractivity (Wildman–Crippen MR) is 128 cm³/mol. The van der Waals surface area contributed by atoms with Crippen molar-refractivity contribution >= 4 is 17.8 Å². The van der Waals surface area contributed by atoms with Gasteiger partial charge in [0.05, 0.1) is 6.61 Å². The van der Waals surface area contributed by atoms with E-state index in [1.54, 1.807) is 18.2 Å². The molecule has 0 fully saturated rings. The summed E-state index contributed by atoms with van der Waals surface area (Å²) in [5, 5.41) is 2.66. The lowest BCUT2D eigenvalue weighted by atomic mass is 10.0. The molecule has 0 bridgehead atoms. The molecule has 1 atom stereocenters. The number of hydrogen-bond acceptors (Lipinski definition) is 6. The highest BCUT2D eigenvalue weighted by molar-refractivity contribution is 5.75. The summed E-state index contributed by atoms with van der Waals surface area (Å²) in [6, 6.07) is 15.5. The molecule has 0 saturated heterocycles. The molecule has 7 heteroatoms. The lowest BCUT2D eigenvalue weighted by Gasteiger charge is -2.33. The van der Waals surface area contributed by atoms with Crippen LogP contribution in [0.3, 0.4) is 0 Å². The van der Waals surface area contributed by atoms with Crippen molar-refractivity contribution in [2.75, 3.05) is 6.61 Å². The van der Waals surface area contributed by atoms with E-state index in [0.717, 1.165) is 32.1 Å². The molecule has 1 heterocycles. The second-order valence-electron chi connectivity index (χ2n) is 7.95. The standard InChI is InChI=1S/C27H32N2O5/c1-21(30)29-27(34-23(3)32,19-20-33-22(2)31)26-18-12-17-25(28-26)16-11-6-4-5-8-13-24-14-9-7-10-15-24/h7,9-10,12,14-15,17-18H,4-6,8,13,19-20H2,1-3H3,(H,29,30). The van der Waals surface area contributed by atoms with Crippen molar-refractivity contribution in [2.45, 2.75) is 65.0 Å². The van der Waals surface area contributed by atoms with Gasteiger partial charge in [0.25, 0.3) is 0 Å². The molecule has 1 N–H and O–H groups in total. The SMILES string of the molecule is CC(=O)NC(CCOC(C)=O)(OC(C)=O)c1cccc(C#CCCCCCc2ccccc2)n1. The van der Waals surface area contributed by atoms with E-state index < -0.39 is 23.6 Å². The van der Waals surface area contributed by atoms with Crippen LogP contribution in [0.2, 0.25) is 0 Å².